The van der Waals surface area contributed by atoms with E-state index in [-0.39, 0.29) is 12.0 Å². The summed E-state index contributed by atoms with van der Waals surface area (Å²) in [6.45, 7) is 3.79. The fourth-order valence-corrected chi connectivity index (χ4v) is 1.62. The van der Waals surface area contributed by atoms with Crippen LogP contribution < -0.4 is 0 Å². The number of piperazine rings is 1. The molecule has 0 aliphatic carbocycles. The molecular formula is C9H16N2O4. The minimum atomic E-state index is -0.902. The predicted molar refractivity (Wildman–Crippen MR) is 52.6 cm³/mol. The van der Waals surface area contributed by atoms with Crippen LogP contribution in [0.15, 0.2) is 0 Å². The van der Waals surface area contributed by atoms with Crippen molar-refractivity contribution in [3.8, 4) is 0 Å². The fourth-order valence-electron chi connectivity index (χ4n) is 1.62. The van der Waals surface area contributed by atoms with Gasteiger partial charge in [-0.1, -0.05) is 0 Å². The molecule has 0 bridgehead atoms. The summed E-state index contributed by atoms with van der Waals surface area (Å²) in [7, 11) is 1.35. The van der Waals surface area contributed by atoms with Gasteiger partial charge in [-0.25, -0.2) is 4.79 Å². The van der Waals surface area contributed by atoms with E-state index in [4.69, 9.17) is 5.11 Å². The van der Waals surface area contributed by atoms with Gasteiger partial charge in [0.25, 0.3) is 0 Å². The van der Waals surface area contributed by atoms with Crippen molar-refractivity contribution in [3.63, 3.8) is 0 Å². The molecule has 0 aromatic heterocycles. The maximum Gasteiger partial charge on any atom is 0.407 e. The molecular weight excluding hydrogens is 200 g/mol. The number of hydrogen-bond donors (Lipinski definition) is 1. The van der Waals surface area contributed by atoms with Gasteiger partial charge in [-0.15, -0.1) is 0 Å². The minimum Gasteiger partial charge on any atom is -0.468 e. The van der Waals surface area contributed by atoms with E-state index >= 15 is 0 Å². The highest BCUT2D eigenvalue weighted by Gasteiger charge is 2.27. The van der Waals surface area contributed by atoms with Crippen LogP contribution in [0.4, 0.5) is 4.79 Å². The van der Waals surface area contributed by atoms with Crippen molar-refractivity contribution in [2.45, 2.75) is 13.0 Å². The summed E-state index contributed by atoms with van der Waals surface area (Å²) >= 11 is 0. The average Bonchev–Trinajstić information content (AvgIpc) is 2.27. The Morgan fingerprint density at radius 2 is 1.80 bits per heavy atom. The third kappa shape index (κ3) is 2.82. The second-order valence-electron chi connectivity index (χ2n) is 3.50. The summed E-state index contributed by atoms with van der Waals surface area (Å²) < 4.78 is 4.63. The first-order valence-electron chi connectivity index (χ1n) is 4.86. The van der Waals surface area contributed by atoms with Gasteiger partial charge in [-0.05, 0) is 6.92 Å². The number of hydrogen-bond acceptors (Lipinski definition) is 4. The van der Waals surface area contributed by atoms with E-state index in [0.29, 0.717) is 26.2 Å². The van der Waals surface area contributed by atoms with Crippen LogP contribution in [0.5, 0.6) is 0 Å². The van der Waals surface area contributed by atoms with Crippen molar-refractivity contribution in [2.75, 3.05) is 33.3 Å². The third-order valence-corrected chi connectivity index (χ3v) is 2.67. The summed E-state index contributed by atoms with van der Waals surface area (Å²) in [6.07, 6.45) is -0.902. The first-order chi connectivity index (χ1) is 7.06. The Labute approximate surface area is 88.4 Å². The van der Waals surface area contributed by atoms with Crippen LogP contribution in [0.1, 0.15) is 6.92 Å². The lowest BCUT2D eigenvalue weighted by atomic mass is 10.2. The number of esters is 1. The van der Waals surface area contributed by atoms with Crippen molar-refractivity contribution >= 4 is 12.1 Å². The quantitative estimate of drug-likeness (QED) is 0.650. The molecule has 15 heavy (non-hydrogen) atoms. The lowest BCUT2D eigenvalue weighted by Crippen LogP contribution is -2.53. The van der Waals surface area contributed by atoms with Gasteiger partial charge in [-0.3, -0.25) is 9.69 Å². The second kappa shape index (κ2) is 4.97. The Balaban J connectivity index is 2.43. The Morgan fingerprint density at radius 3 is 2.20 bits per heavy atom. The lowest BCUT2D eigenvalue weighted by Gasteiger charge is -2.35. The average molecular weight is 216 g/mol. The van der Waals surface area contributed by atoms with E-state index in [9.17, 15) is 9.59 Å². The Bertz CT molecular complexity index is 248. The highest BCUT2D eigenvalue weighted by molar-refractivity contribution is 5.75. The van der Waals surface area contributed by atoms with E-state index in [1.54, 1.807) is 6.92 Å². The maximum absolute atomic E-state index is 11.2. The lowest BCUT2D eigenvalue weighted by molar-refractivity contribution is -0.146. The normalized spacial score (nSPS) is 19.7. The van der Waals surface area contributed by atoms with Gasteiger partial charge in [0.1, 0.15) is 6.04 Å². The second-order valence-corrected chi connectivity index (χ2v) is 3.50. The molecule has 0 unspecified atom stereocenters. The summed E-state index contributed by atoms with van der Waals surface area (Å²) in [5.74, 6) is -0.279. The number of methoxy groups -OCH3 is 1. The molecule has 1 aliphatic heterocycles. The van der Waals surface area contributed by atoms with Crippen LogP contribution in [-0.4, -0.2) is 66.3 Å². The van der Waals surface area contributed by atoms with E-state index < -0.39 is 6.09 Å². The number of amides is 1. The first-order valence-corrected chi connectivity index (χ1v) is 4.86. The first kappa shape index (κ1) is 11.8. The topological polar surface area (TPSA) is 70.1 Å². The molecule has 6 nitrogen and oxygen atoms in total. The molecule has 0 saturated carbocycles. The molecule has 1 N–H and O–H groups in total. The minimum absolute atomic E-state index is 0.279. The van der Waals surface area contributed by atoms with E-state index in [1.807, 2.05) is 4.90 Å². The molecule has 0 radical (unpaired) electrons. The van der Waals surface area contributed by atoms with Crippen LogP contribution in [-0.2, 0) is 9.53 Å². The molecule has 1 heterocycles. The van der Waals surface area contributed by atoms with Crippen LogP contribution >= 0.6 is 0 Å². The summed E-state index contributed by atoms with van der Waals surface area (Å²) in [5, 5.41) is 8.73. The van der Waals surface area contributed by atoms with Crippen LogP contribution in [0.2, 0.25) is 0 Å². The number of carboxylic acid groups (broad SMARTS) is 1. The molecule has 86 valence electrons. The van der Waals surface area contributed by atoms with Gasteiger partial charge in [0.15, 0.2) is 0 Å². The monoisotopic (exact) mass is 216 g/mol. The molecule has 1 amide bonds. The maximum atomic E-state index is 11.2. The molecule has 1 fully saturated rings. The zero-order chi connectivity index (χ0) is 11.4. The van der Waals surface area contributed by atoms with E-state index in [0.717, 1.165) is 0 Å². The number of rotatable bonds is 2. The summed E-state index contributed by atoms with van der Waals surface area (Å²) in [5.41, 5.74) is 0. The highest BCUT2D eigenvalue weighted by Crippen LogP contribution is 2.07. The van der Waals surface area contributed by atoms with Crippen molar-refractivity contribution in [1.82, 2.24) is 9.80 Å². The van der Waals surface area contributed by atoms with Gasteiger partial charge in [-0.2, -0.15) is 0 Å². The molecule has 6 heteroatoms. The smallest absolute Gasteiger partial charge is 0.407 e. The van der Waals surface area contributed by atoms with Crippen LogP contribution in [0.3, 0.4) is 0 Å². The van der Waals surface area contributed by atoms with Gasteiger partial charge in [0.05, 0.1) is 7.11 Å². The Hall–Kier alpha value is -1.30. The van der Waals surface area contributed by atoms with E-state index in [1.165, 1.54) is 12.0 Å². The molecule has 1 atom stereocenters. The molecule has 0 spiro atoms. The summed E-state index contributed by atoms with van der Waals surface area (Å²) in [4.78, 5) is 25.1. The Morgan fingerprint density at radius 1 is 1.27 bits per heavy atom. The zero-order valence-corrected chi connectivity index (χ0v) is 8.97. The van der Waals surface area contributed by atoms with Gasteiger partial charge in [0, 0.05) is 26.2 Å². The van der Waals surface area contributed by atoms with Crippen molar-refractivity contribution < 1.29 is 19.4 Å². The van der Waals surface area contributed by atoms with Crippen molar-refractivity contribution in [2.24, 2.45) is 0 Å². The number of ether oxygens (including phenoxy) is 1. The predicted octanol–water partition coefficient (Wildman–Crippen LogP) is -0.156. The largest absolute Gasteiger partial charge is 0.468 e. The van der Waals surface area contributed by atoms with Gasteiger partial charge >= 0.3 is 12.1 Å². The fraction of sp³-hybridized carbons (Fsp3) is 0.778. The van der Waals surface area contributed by atoms with Crippen LogP contribution in [0, 0.1) is 0 Å². The number of carbonyl (C=O) groups excluding carboxylic acids is 1. The molecule has 1 saturated heterocycles. The highest BCUT2D eigenvalue weighted by atomic mass is 16.5. The number of nitrogens with zero attached hydrogens (tertiary/aromatic N) is 2. The van der Waals surface area contributed by atoms with Gasteiger partial charge in [0.2, 0.25) is 0 Å². The summed E-state index contributed by atoms with van der Waals surface area (Å²) in [6, 6.07) is -0.300. The SMILES string of the molecule is COC(=O)[C@H](C)N1CCN(C(=O)O)CC1. The zero-order valence-electron chi connectivity index (χ0n) is 8.97. The standard InChI is InChI=1S/C9H16N2O4/c1-7(8(12)15-2)10-3-5-11(6-4-10)9(13)14/h7H,3-6H2,1-2H3,(H,13,14)/t7-/m0/s1. The van der Waals surface area contributed by atoms with Gasteiger partial charge < -0.3 is 14.7 Å². The number of carbonyl (C=O) groups is 2. The third-order valence-electron chi connectivity index (χ3n) is 2.67. The Kier molecular flexibility index (Phi) is 3.90. The van der Waals surface area contributed by atoms with Crippen molar-refractivity contribution in [3.05, 3.63) is 0 Å². The van der Waals surface area contributed by atoms with E-state index in [2.05, 4.69) is 4.74 Å². The van der Waals surface area contributed by atoms with Crippen LogP contribution in [0.25, 0.3) is 0 Å². The molecule has 0 aromatic carbocycles. The van der Waals surface area contributed by atoms with Crippen molar-refractivity contribution in [1.29, 1.82) is 0 Å². The molecule has 0 aromatic rings. The molecule has 1 aliphatic rings. The molecule has 1 rings (SSSR count).